The third kappa shape index (κ3) is 5.90. The van der Waals surface area contributed by atoms with Crippen LogP contribution in [0.3, 0.4) is 0 Å². The number of ether oxygens (including phenoxy) is 2. The first-order valence-electron chi connectivity index (χ1n) is 8.15. The van der Waals surface area contributed by atoms with Crippen LogP contribution in [-0.2, 0) is 4.79 Å². The Morgan fingerprint density at radius 1 is 1.11 bits per heavy atom. The van der Waals surface area contributed by atoms with Crippen LogP contribution in [0, 0.1) is 6.92 Å². The van der Waals surface area contributed by atoms with Crippen molar-refractivity contribution in [2.45, 2.75) is 32.7 Å². The molecule has 0 heterocycles. The minimum absolute atomic E-state index is 0.0159. The normalized spacial score (nSPS) is 12.1. The molecule has 2 N–H and O–H groups in total. The molecule has 9 heteroatoms. The lowest BCUT2D eigenvalue weighted by Gasteiger charge is -2.24. The van der Waals surface area contributed by atoms with Gasteiger partial charge in [0, 0.05) is 11.6 Å². The second-order valence-corrected chi connectivity index (χ2v) is 6.35. The summed E-state index contributed by atoms with van der Waals surface area (Å²) in [4.78, 5) is 12.3. The second kappa shape index (κ2) is 8.20. The SMILES string of the molecule is Cc1cccc(C=NNC(=O)C(C)(C)Oc2cccc(OC(F)(F)F)c2)c1O. The summed E-state index contributed by atoms with van der Waals surface area (Å²) < 4.78 is 46.2. The summed E-state index contributed by atoms with van der Waals surface area (Å²) in [5.74, 6) is -1.05. The van der Waals surface area contributed by atoms with Crippen molar-refractivity contribution in [1.82, 2.24) is 5.43 Å². The Hall–Kier alpha value is -3.23. The molecule has 6 nitrogen and oxygen atoms in total. The lowest BCUT2D eigenvalue weighted by Crippen LogP contribution is -2.44. The summed E-state index contributed by atoms with van der Waals surface area (Å²) in [6.45, 7) is 4.58. The molecule has 0 aliphatic rings. The van der Waals surface area contributed by atoms with E-state index in [0.717, 1.165) is 12.1 Å². The van der Waals surface area contributed by atoms with Crippen molar-refractivity contribution in [3.8, 4) is 17.2 Å². The van der Waals surface area contributed by atoms with Gasteiger partial charge in [-0.2, -0.15) is 5.10 Å². The van der Waals surface area contributed by atoms with Gasteiger partial charge in [-0.3, -0.25) is 4.79 Å². The number of hydrogen-bond acceptors (Lipinski definition) is 5. The largest absolute Gasteiger partial charge is 0.573 e. The van der Waals surface area contributed by atoms with Crippen molar-refractivity contribution in [2.24, 2.45) is 5.10 Å². The molecule has 0 aromatic heterocycles. The van der Waals surface area contributed by atoms with Gasteiger partial charge in [0.2, 0.25) is 0 Å². The Kier molecular flexibility index (Phi) is 6.17. The number of carbonyl (C=O) groups excluding carboxylic acids is 1. The van der Waals surface area contributed by atoms with Crippen molar-refractivity contribution >= 4 is 12.1 Å². The van der Waals surface area contributed by atoms with E-state index in [-0.39, 0.29) is 11.5 Å². The Labute approximate surface area is 159 Å². The van der Waals surface area contributed by atoms with Gasteiger partial charge in [0.05, 0.1) is 6.21 Å². The number of alkyl halides is 3. The van der Waals surface area contributed by atoms with Crippen LogP contribution in [0.2, 0.25) is 0 Å². The molecule has 28 heavy (non-hydrogen) atoms. The summed E-state index contributed by atoms with van der Waals surface area (Å²) in [6, 6.07) is 9.91. The molecule has 150 valence electrons. The van der Waals surface area contributed by atoms with E-state index >= 15 is 0 Å². The lowest BCUT2D eigenvalue weighted by molar-refractivity contribution is -0.274. The maximum absolute atomic E-state index is 12.3. The number of nitrogens with zero attached hydrogens (tertiary/aromatic N) is 1. The van der Waals surface area contributed by atoms with Crippen LogP contribution in [0.5, 0.6) is 17.2 Å². The number of benzene rings is 2. The molecule has 1 amide bonds. The van der Waals surface area contributed by atoms with Gasteiger partial charge in [-0.05, 0) is 44.5 Å². The third-order valence-corrected chi connectivity index (χ3v) is 3.60. The van der Waals surface area contributed by atoms with Crippen LogP contribution in [0.1, 0.15) is 25.0 Å². The first-order valence-corrected chi connectivity index (χ1v) is 8.15. The zero-order valence-corrected chi connectivity index (χ0v) is 15.4. The van der Waals surface area contributed by atoms with Gasteiger partial charge < -0.3 is 14.6 Å². The fourth-order valence-electron chi connectivity index (χ4n) is 2.16. The minimum Gasteiger partial charge on any atom is -0.507 e. The number of hydrogen-bond donors (Lipinski definition) is 2. The number of aryl methyl sites for hydroxylation is 1. The molecule has 2 aromatic carbocycles. The van der Waals surface area contributed by atoms with E-state index < -0.39 is 23.6 Å². The second-order valence-electron chi connectivity index (χ2n) is 6.35. The maximum atomic E-state index is 12.3. The van der Waals surface area contributed by atoms with E-state index in [1.54, 1.807) is 25.1 Å². The van der Waals surface area contributed by atoms with Gasteiger partial charge in [-0.15, -0.1) is 13.2 Å². The number of hydrazone groups is 1. The van der Waals surface area contributed by atoms with E-state index in [4.69, 9.17) is 4.74 Å². The highest BCUT2D eigenvalue weighted by Crippen LogP contribution is 2.28. The smallest absolute Gasteiger partial charge is 0.507 e. The number of carbonyl (C=O) groups is 1. The maximum Gasteiger partial charge on any atom is 0.573 e. The topological polar surface area (TPSA) is 80.2 Å². The fourth-order valence-corrected chi connectivity index (χ4v) is 2.16. The number of halogens is 3. The first-order chi connectivity index (χ1) is 13.0. The highest BCUT2D eigenvalue weighted by atomic mass is 19.4. The molecule has 0 fully saturated rings. The van der Waals surface area contributed by atoms with Crippen LogP contribution in [0.15, 0.2) is 47.6 Å². The molecule has 0 radical (unpaired) electrons. The zero-order chi connectivity index (χ0) is 20.9. The van der Waals surface area contributed by atoms with Crippen LogP contribution in [0.4, 0.5) is 13.2 Å². The lowest BCUT2D eigenvalue weighted by atomic mass is 10.1. The van der Waals surface area contributed by atoms with Crippen molar-refractivity contribution in [3.63, 3.8) is 0 Å². The summed E-state index contributed by atoms with van der Waals surface area (Å²) in [5.41, 5.74) is 1.90. The van der Waals surface area contributed by atoms with Crippen LogP contribution < -0.4 is 14.9 Å². The van der Waals surface area contributed by atoms with Gasteiger partial charge in [-0.25, -0.2) is 5.43 Å². The number of rotatable bonds is 6. The minimum atomic E-state index is -4.83. The molecular weight excluding hydrogens is 377 g/mol. The summed E-state index contributed by atoms with van der Waals surface area (Å²) in [5, 5.41) is 13.7. The van der Waals surface area contributed by atoms with E-state index in [9.17, 15) is 23.1 Å². The van der Waals surface area contributed by atoms with Crippen molar-refractivity contribution in [2.75, 3.05) is 0 Å². The average molecular weight is 396 g/mol. The van der Waals surface area contributed by atoms with Gasteiger partial charge in [0.25, 0.3) is 5.91 Å². The Morgan fingerprint density at radius 2 is 1.71 bits per heavy atom. The quantitative estimate of drug-likeness (QED) is 0.573. The molecule has 2 rings (SSSR count). The molecule has 0 aliphatic carbocycles. The Morgan fingerprint density at radius 3 is 2.36 bits per heavy atom. The van der Waals surface area contributed by atoms with E-state index in [2.05, 4.69) is 15.3 Å². The summed E-state index contributed by atoms with van der Waals surface area (Å²) in [6.07, 6.45) is -3.56. The van der Waals surface area contributed by atoms with Crippen LogP contribution in [0.25, 0.3) is 0 Å². The molecule has 0 atom stereocenters. The summed E-state index contributed by atoms with van der Waals surface area (Å²) in [7, 11) is 0. The number of para-hydroxylation sites is 1. The third-order valence-electron chi connectivity index (χ3n) is 3.60. The van der Waals surface area contributed by atoms with Gasteiger partial charge >= 0.3 is 6.36 Å². The van der Waals surface area contributed by atoms with Gasteiger partial charge in [0.15, 0.2) is 5.60 Å². The predicted octanol–water partition coefficient (Wildman–Crippen LogP) is 3.91. The number of aromatic hydroxyl groups is 1. The highest BCUT2D eigenvalue weighted by Gasteiger charge is 2.32. The molecule has 0 saturated carbocycles. The number of nitrogens with one attached hydrogen (secondary N) is 1. The molecule has 0 unspecified atom stereocenters. The fraction of sp³-hybridized carbons (Fsp3) is 0.263. The monoisotopic (exact) mass is 396 g/mol. The van der Waals surface area contributed by atoms with E-state index in [0.29, 0.717) is 11.1 Å². The standard InChI is InChI=1S/C19H19F3N2O4/c1-12-6-4-7-13(16(12)25)11-23-24-17(26)18(2,3)27-14-8-5-9-15(10-14)28-19(20,21)22/h4-11,25H,1-3H3,(H,24,26). The number of amides is 1. The van der Waals surface area contributed by atoms with E-state index in [1.807, 2.05) is 0 Å². The highest BCUT2D eigenvalue weighted by molar-refractivity contribution is 5.88. The van der Waals surface area contributed by atoms with Crippen LogP contribution >= 0.6 is 0 Å². The molecule has 0 spiro atoms. The van der Waals surface area contributed by atoms with Crippen LogP contribution in [-0.4, -0.2) is 29.2 Å². The average Bonchev–Trinajstić information content (AvgIpc) is 2.57. The van der Waals surface area contributed by atoms with Crippen molar-refractivity contribution in [1.29, 1.82) is 0 Å². The van der Waals surface area contributed by atoms with Crippen molar-refractivity contribution in [3.05, 3.63) is 53.6 Å². The Bertz CT molecular complexity index is 880. The molecule has 0 bridgehead atoms. The molecule has 2 aromatic rings. The van der Waals surface area contributed by atoms with Crippen molar-refractivity contribution < 1.29 is 32.5 Å². The molecular formula is C19H19F3N2O4. The van der Waals surface area contributed by atoms with Gasteiger partial charge in [-0.1, -0.05) is 18.2 Å². The summed E-state index contributed by atoms with van der Waals surface area (Å²) >= 11 is 0. The van der Waals surface area contributed by atoms with E-state index in [1.165, 1.54) is 32.2 Å². The zero-order valence-electron chi connectivity index (χ0n) is 15.4. The number of phenols is 1. The Balaban J connectivity index is 2.04. The van der Waals surface area contributed by atoms with Gasteiger partial charge in [0.1, 0.15) is 17.2 Å². The predicted molar refractivity (Wildman–Crippen MR) is 96.4 cm³/mol. The molecule has 0 aliphatic heterocycles. The molecule has 0 saturated heterocycles. The first kappa shape index (κ1) is 21.1. The number of phenolic OH excluding ortho intramolecular Hbond substituents is 1.